The Bertz CT molecular complexity index is 540. The molecule has 0 aliphatic heterocycles. The zero-order valence-corrected chi connectivity index (χ0v) is 9.69. The maximum absolute atomic E-state index is 11.1. The van der Waals surface area contributed by atoms with Crippen LogP contribution in [0.3, 0.4) is 0 Å². The second-order valence-electron chi connectivity index (χ2n) is 3.64. The van der Waals surface area contributed by atoms with Crippen LogP contribution in [0.25, 0.3) is 0 Å². The molecule has 0 unspecified atom stereocenters. The van der Waals surface area contributed by atoms with Crippen molar-refractivity contribution in [3.05, 3.63) is 64.4 Å². The molecule has 2 rings (SSSR count). The zero-order chi connectivity index (χ0) is 12.3. The number of nitrogens with zero attached hydrogens (tertiary/aromatic N) is 1. The van der Waals surface area contributed by atoms with E-state index in [2.05, 4.69) is 4.98 Å². The van der Waals surface area contributed by atoms with Crippen molar-refractivity contribution in [3.63, 3.8) is 0 Å². The van der Waals surface area contributed by atoms with Crippen molar-refractivity contribution in [1.29, 1.82) is 0 Å². The lowest BCUT2D eigenvalue weighted by molar-refractivity contribution is 0.0696. The smallest absolute Gasteiger partial charge is 0.336 e. The average Bonchev–Trinajstić information content (AvgIpc) is 2.32. The van der Waals surface area contributed by atoms with Crippen molar-refractivity contribution in [2.75, 3.05) is 0 Å². The Morgan fingerprint density at radius 1 is 1.24 bits per heavy atom. The van der Waals surface area contributed by atoms with Crippen LogP contribution in [-0.2, 0) is 6.42 Å². The van der Waals surface area contributed by atoms with Crippen molar-refractivity contribution in [3.8, 4) is 0 Å². The third-order valence-electron chi connectivity index (χ3n) is 2.45. The molecule has 0 amide bonds. The zero-order valence-electron chi connectivity index (χ0n) is 8.93. The minimum Gasteiger partial charge on any atom is -0.478 e. The maximum atomic E-state index is 11.1. The van der Waals surface area contributed by atoms with E-state index in [0.29, 0.717) is 11.4 Å². The summed E-state index contributed by atoms with van der Waals surface area (Å²) in [5.41, 5.74) is 2.01. The lowest BCUT2D eigenvalue weighted by Crippen LogP contribution is -2.03. The second-order valence-corrected chi connectivity index (χ2v) is 4.08. The van der Waals surface area contributed by atoms with Gasteiger partial charge in [0.2, 0.25) is 0 Å². The summed E-state index contributed by atoms with van der Waals surface area (Å²) in [5.74, 6) is -0.962. The predicted molar refractivity (Wildman–Crippen MR) is 65.5 cm³/mol. The predicted octanol–water partition coefficient (Wildman–Crippen LogP) is 3.02. The molecule has 0 atom stereocenters. The van der Waals surface area contributed by atoms with Gasteiger partial charge >= 0.3 is 5.97 Å². The number of aromatic carboxylic acids is 1. The first-order valence-electron chi connectivity index (χ1n) is 5.07. The van der Waals surface area contributed by atoms with E-state index >= 15 is 0 Å². The second kappa shape index (κ2) is 4.97. The maximum Gasteiger partial charge on any atom is 0.336 e. The molecule has 2 aromatic rings. The van der Waals surface area contributed by atoms with E-state index in [1.807, 2.05) is 12.1 Å². The number of hydrogen-bond acceptors (Lipinski definition) is 2. The normalized spacial score (nSPS) is 10.2. The van der Waals surface area contributed by atoms with Crippen LogP contribution in [0.15, 0.2) is 42.7 Å². The van der Waals surface area contributed by atoms with Crippen molar-refractivity contribution in [1.82, 2.24) is 4.98 Å². The summed E-state index contributed by atoms with van der Waals surface area (Å²) >= 11 is 5.79. The Kier molecular flexibility index (Phi) is 3.40. The van der Waals surface area contributed by atoms with Crippen LogP contribution in [-0.4, -0.2) is 16.1 Å². The molecule has 4 heteroatoms. The summed E-state index contributed by atoms with van der Waals surface area (Å²) < 4.78 is 0. The molecular formula is C13H10ClNO2. The Balaban J connectivity index is 2.36. The topological polar surface area (TPSA) is 50.2 Å². The molecule has 0 saturated heterocycles. The monoisotopic (exact) mass is 247 g/mol. The van der Waals surface area contributed by atoms with Gasteiger partial charge in [0.15, 0.2) is 0 Å². The van der Waals surface area contributed by atoms with Gasteiger partial charge in [0.1, 0.15) is 0 Å². The van der Waals surface area contributed by atoms with Gasteiger partial charge in [-0.25, -0.2) is 4.79 Å². The molecule has 1 heterocycles. The molecule has 0 saturated carbocycles. The van der Waals surface area contributed by atoms with Gasteiger partial charge in [0, 0.05) is 17.4 Å². The number of rotatable bonds is 3. The van der Waals surface area contributed by atoms with Gasteiger partial charge < -0.3 is 5.11 Å². The Labute approximate surface area is 104 Å². The van der Waals surface area contributed by atoms with Crippen LogP contribution in [0, 0.1) is 0 Å². The standard InChI is InChI=1S/C13H10ClNO2/c14-11-2-1-10(12(8-11)13(16)17)7-9-3-5-15-6-4-9/h1-6,8H,7H2,(H,16,17). The SMILES string of the molecule is O=C(O)c1cc(Cl)ccc1Cc1ccncc1. The van der Waals surface area contributed by atoms with Gasteiger partial charge in [-0.15, -0.1) is 0 Å². The highest BCUT2D eigenvalue weighted by Crippen LogP contribution is 2.19. The number of aromatic nitrogens is 1. The fourth-order valence-corrected chi connectivity index (χ4v) is 1.79. The van der Waals surface area contributed by atoms with E-state index in [1.54, 1.807) is 24.5 Å². The molecule has 1 aromatic heterocycles. The molecule has 0 aliphatic rings. The van der Waals surface area contributed by atoms with E-state index in [-0.39, 0.29) is 5.56 Å². The Morgan fingerprint density at radius 2 is 1.94 bits per heavy atom. The molecule has 0 fully saturated rings. The van der Waals surface area contributed by atoms with Crippen molar-refractivity contribution in [2.24, 2.45) is 0 Å². The highest BCUT2D eigenvalue weighted by molar-refractivity contribution is 6.30. The van der Waals surface area contributed by atoms with E-state index in [0.717, 1.165) is 11.1 Å². The summed E-state index contributed by atoms with van der Waals surface area (Å²) in [4.78, 5) is 15.0. The van der Waals surface area contributed by atoms with E-state index in [4.69, 9.17) is 16.7 Å². The molecule has 3 nitrogen and oxygen atoms in total. The van der Waals surface area contributed by atoms with Crippen LogP contribution in [0.1, 0.15) is 21.5 Å². The van der Waals surface area contributed by atoms with Crippen LogP contribution in [0.5, 0.6) is 0 Å². The molecule has 1 N–H and O–H groups in total. The van der Waals surface area contributed by atoms with Crippen LogP contribution >= 0.6 is 11.6 Å². The van der Waals surface area contributed by atoms with Crippen molar-refractivity contribution in [2.45, 2.75) is 6.42 Å². The molecule has 86 valence electrons. The minimum atomic E-state index is -0.962. The van der Waals surface area contributed by atoms with E-state index in [1.165, 1.54) is 6.07 Å². The number of halogens is 1. The lowest BCUT2D eigenvalue weighted by Gasteiger charge is -2.06. The number of benzene rings is 1. The van der Waals surface area contributed by atoms with Gasteiger partial charge in [-0.05, 0) is 41.8 Å². The van der Waals surface area contributed by atoms with Gasteiger partial charge in [-0.1, -0.05) is 17.7 Å². The number of carboxylic acid groups (broad SMARTS) is 1. The number of carbonyl (C=O) groups is 1. The molecule has 0 spiro atoms. The number of hydrogen-bond donors (Lipinski definition) is 1. The molecule has 0 bridgehead atoms. The number of carboxylic acids is 1. The summed E-state index contributed by atoms with van der Waals surface area (Å²) in [5, 5.41) is 9.53. The molecular weight excluding hydrogens is 238 g/mol. The summed E-state index contributed by atoms with van der Waals surface area (Å²) in [6.07, 6.45) is 3.93. The van der Waals surface area contributed by atoms with Crippen LogP contribution in [0.4, 0.5) is 0 Å². The molecule has 17 heavy (non-hydrogen) atoms. The summed E-state index contributed by atoms with van der Waals surface area (Å²) in [6, 6.07) is 8.64. The highest BCUT2D eigenvalue weighted by Gasteiger charge is 2.10. The van der Waals surface area contributed by atoms with Gasteiger partial charge in [-0.3, -0.25) is 4.98 Å². The fraction of sp³-hybridized carbons (Fsp3) is 0.0769. The van der Waals surface area contributed by atoms with Crippen molar-refractivity contribution < 1.29 is 9.90 Å². The van der Waals surface area contributed by atoms with E-state index in [9.17, 15) is 4.79 Å². The largest absolute Gasteiger partial charge is 0.478 e. The molecule has 0 radical (unpaired) electrons. The molecule has 1 aromatic carbocycles. The lowest BCUT2D eigenvalue weighted by atomic mass is 10.0. The molecule has 0 aliphatic carbocycles. The fourth-order valence-electron chi connectivity index (χ4n) is 1.62. The average molecular weight is 248 g/mol. The summed E-state index contributed by atoms with van der Waals surface area (Å²) in [6.45, 7) is 0. The third-order valence-corrected chi connectivity index (χ3v) is 2.68. The van der Waals surface area contributed by atoms with Gasteiger partial charge in [0.05, 0.1) is 5.56 Å². The Morgan fingerprint density at radius 3 is 2.59 bits per heavy atom. The quantitative estimate of drug-likeness (QED) is 0.907. The van der Waals surface area contributed by atoms with Crippen molar-refractivity contribution >= 4 is 17.6 Å². The van der Waals surface area contributed by atoms with Crippen LogP contribution < -0.4 is 0 Å². The van der Waals surface area contributed by atoms with Gasteiger partial charge in [0.25, 0.3) is 0 Å². The first kappa shape index (κ1) is 11.6. The van der Waals surface area contributed by atoms with Crippen LogP contribution in [0.2, 0.25) is 5.02 Å². The number of pyridine rings is 1. The highest BCUT2D eigenvalue weighted by atomic mass is 35.5. The van der Waals surface area contributed by atoms with E-state index < -0.39 is 5.97 Å². The Hall–Kier alpha value is -1.87. The minimum absolute atomic E-state index is 0.245. The first-order valence-corrected chi connectivity index (χ1v) is 5.45. The van der Waals surface area contributed by atoms with Gasteiger partial charge in [-0.2, -0.15) is 0 Å². The first-order chi connectivity index (χ1) is 8.16. The third kappa shape index (κ3) is 2.82. The summed E-state index contributed by atoms with van der Waals surface area (Å²) in [7, 11) is 0.